The van der Waals surface area contributed by atoms with Crippen LogP contribution in [-0.4, -0.2) is 57.2 Å². The SMILES string of the molecule is CN=C(NCCCCN1CCC(C)CC1)NC(C)c1cccc(N2CCCC2)c1.I. The monoisotopic (exact) mass is 527 g/mol. The maximum absolute atomic E-state index is 4.42. The first kappa shape index (κ1) is 25.2. The van der Waals surface area contributed by atoms with Gasteiger partial charge in [-0.25, -0.2) is 0 Å². The highest BCUT2D eigenvalue weighted by molar-refractivity contribution is 14.0. The Balaban J connectivity index is 0.00000320. The number of rotatable bonds is 8. The van der Waals surface area contributed by atoms with Crippen molar-refractivity contribution in [1.29, 1.82) is 0 Å². The normalized spacial score (nSPS) is 19.4. The van der Waals surface area contributed by atoms with E-state index in [1.165, 1.54) is 82.5 Å². The molecule has 0 aliphatic carbocycles. The quantitative estimate of drug-likeness (QED) is 0.224. The van der Waals surface area contributed by atoms with Crippen molar-refractivity contribution >= 4 is 35.6 Å². The standard InChI is InChI=1S/C24H41N5.HI/c1-20-11-17-28(18-12-20)14-5-4-13-26-24(25-3)27-21(2)22-9-8-10-23(19-22)29-15-6-7-16-29;/h8-10,19-21H,4-7,11-18H2,1-3H3,(H2,25,26,27);1H. The van der Waals surface area contributed by atoms with E-state index in [9.17, 15) is 0 Å². The van der Waals surface area contributed by atoms with Crippen molar-refractivity contribution in [1.82, 2.24) is 15.5 Å². The van der Waals surface area contributed by atoms with Gasteiger partial charge in [-0.1, -0.05) is 19.1 Å². The molecule has 3 rings (SSSR count). The number of likely N-dealkylation sites (tertiary alicyclic amines) is 1. The molecule has 2 aliphatic rings. The number of piperidine rings is 1. The average molecular weight is 528 g/mol. The predicted octanol–water partition coefficient (Wildman–Crippen LogP) is 4.64. The number of anilines is 1. The number of nitrogens with zero attached hydrogens (tertiary/aromatic N) is 3. The summed E-state index contributed by atoms with van der Waals surface area (Å²) >= 11 is 0. The molecule has 2 heterocycles. The predicted molar refractivity (Wildman–Crippen MR) is 140 cm³/mol. The van der Waals surface area contributed by atoms with Crippen LogP contribution in [0.15, 0.2) is 29.3 Å². The molecule has 0 aromatic heterocycles. The Morgan fingerprint density at radius 2 is 1.87 bits per heavy atom. The highest BCUT2D eigenvalue weighted by Crippen LogP contribution is 2.24. The van der Waals surface area contributed by atoms with Gasteiger partial charge in [0.25, 0.3) is 0 Å². The average Bonchev–Trinajstić information content (AvgIpc) is 3.29. The lowest BCUT2D eigenvalue weighted by atomic mass is 9.99. The number of nitrogens with one attached hydrogen (secondary N) is 2. The molecule has 2 saturated heterocycles. The van der Waals surface area contributed by atoms with Gasteiger partial charge in [-0.15, -0.1) is 24.0 Å². The number of aliphatic imine (C=N–C) groups is 1. The fourth-order valence-corrected chi connectivity index (χ4v) is 4.40. The van der Waals surface area contributed by atoms with Crippen molar-refractivity contribution in [3.8, 4) is 0 Å². The Morgan fingerprint density at radius 1 is 1.13 bits per heavy atom. The second-order valence-electron chi connectivity index (χ2n) is 8.89. The molecule has 1 aromatic rings. The molecule has 1 atom stereocenters. The lowest BCUT2D eigenvalue weighted by molar-refractivity contribution is 0.189. The molecule has 0 amide bonds. The van der Waals surface area contributed by atoms with E-state index >= 15 is 0 Å². The molecular weight excluding hydrogens is 485 g/mol. The lowest BCUT2D eigenvalue weighted by Crippen LogP contribution is -2.39. The van der Waals surface area contributed by atoms with E-state index in [1.54, 1.807) is 0 Å². The van der Waals surface area contributed by atoms with Gasteiger partial charge < -0.3 is 20.4 Å². The number of benzene rings is 1. The maximum Gasteiger partial charge on any atom is 0.191 e. The first-order valence-electron chi connectivity index (χ1n) is 11.7. The fourth-order valence-electron chi connectivity index (χ4n) is 4.40. The van der Waals surface area contributed by atoms with Gasteiger partial charge in [0, 0.05) is 32.4 Å². The van der Waals surface area contributed by atoms with Crippen LogP contribution in [-0.2, 0) is 0 Å². The minimum atomic E-state index is 0. The summed E-state index contributed by atoms with van der Waals surface area (Å²) < 4.78 is 0. The molecule has 2 N–H and O–H groups in total. The topological polar surface area (TPSA) is 42.9 Å². The van der Waals surface area contributed by atoms with Gasteiger partial charge in [-0.3, -0.25) is 4.99 Å². The van der Waals surface area contributed by atoms with Crippen LogP contribution in [0.3, 0.4) is 0 Å². The third kappa shape index (κ3) is 7.91. The Labute approximate surface area is 201 Å². The molecule has 5 nitrogen and oxygen atoms in total. The minimum Gasteiger partial charge on any atom is -0.372 e. The van der Waals surface area contributed by atoms with E-state index < -0.39 is 0 Å². The molecule has 2 fully saturated rings. The van der Waals surface area contributed by atoms with Crippen LogP contribution >= 0.6 is 24.0 Å². The molecule has 0 bridgehead atoms. The maximum atomic E-state index is 4.42. The van der Waals surface area contributed by atoms with Crippen LogP contribution in [0.5, 0.6) is 0 Å². The Hall–Kier alpha value is -1.02. The second kappa shape index (κ2) is 13.4. The molecule has 2 aliphatic heterocycles. The molecule has 170 valence electrons. The Bertz CT molecular complexity index is 636. The number of hydrogen-bond donors (Lipinski definition) is 2. The summed E-state index contributed by atoms with van der Waals surface area (Å²) in [6.07, 6.45) is 7.80. The van der Waals surface area contributed by atoms with Crippen molar-refractivity contribution in [3.05, 3.63) is 29.8 Å². The molecular formula is C24H42IN5. The van der Waals surface area contributed by atoms with Gasteiger partial charge in [0.05, 0.1) is 6.04 Å². The first-order valence-corrected chi connectivity index (χ1v) is 11.7. The summed E-state index contributed by atoms with van der Waals surface area (Å²) in [6, 6.07) is 9.19. The first-order chi connectivity index (χ1) is 14.2. The van der Waals surface area contributed by atoms with Crippen LogP contribution in [0.4, 0.5) is 5.69 Å². The zero-order valence-electron chi connectivity index (χ0n) is 19.2. The van der Waals surface area contributed by atoms with Gasteiger partial charge in [-0.2, -0.15) is 0 Å². The van der Waals surface area contributed by atoms with Crippen LogP contribution in [0.25, 0.3) is 0 Å². The summed E-state index contributed by atoms with van der Waals surface area (Å²) in [4.78, 5) is 9.54. The summed E-state index contributed by atoms with van der Waals surface area (Å²) in [5.74, 6) is 1.82. The summed E-state index contributed by atoms with van der Waals surface area (Å²) in [5.41, 5.74) is 2.67. The van der Waals surface area contributed by atoms with Crippen molar-refractivity contribution in [2.75, 3.05) is 51.2 Å². The number of hydrogen-bond acceptors (Lipinski definition) is 3. The molecule has 6 heteroatoms. The van der Waals surface area contributed by atoms with Gasteiger partial charge in [0.15, 0.2) is 5.96 Å². The second-order valence-corrected chi connectivity index (χ2v) is 8.89. The van der Waals surface area contributed by atoms with E-state index in [-0.39, 0.29) is 30.0 Å². The summed E-state index contributed by atoms with van der Waals surface area (Å²) in [5, 5.41) is 7.05. The highest BCUT2D eigenvalue weighted by atomic mass is 127. The van der Waals surface area contributed by atoms with E-state index in [0.717, 1.165) is 18.4 Å². The molecule has 1 unspecified atom stereocenters. The van der Waals surface area contributed by atoms with E-state index in [2.05, 4.69) is 63.5 Å². The van der Waals surface area contributed by atoms with Crippen molar-refractivity contribution in [2.24, 2.45) is 10.9 Å². The third-order valence-corrected chi connectivity index (χ3v) is 6.49. The minimum absolute atomic E-state index is 0. The highest BCUT2D eigenvalue weighted by Gasteiger charge is 2.16. The smallest absolute Gasteiger partial charge is 0.191 e. The van der Waals surface area contributed by atoms with E-state index in [4.69, 9.17) is 0 Å². The molecule has 30 heavy (non-hydrogen) atoms. The van der Waals surface area contributed by atoms with Gasteiger partial charge >= 0.3 is 0 Å². The van der Waals surface area contributed by atoms with Crippen LogP contribution in [0, 0.1) is 5.92 Å². The van der Waals surface area contributed by atoms with Crippen molar-refractivity contribution in [3.63, 3.8) is 0 Å². The van der Waals surface area contributed by atoms with E-state index in [1.807, 2.05) is 7.05 Å². The number of halogens is 1. The van der Waals surface area contributed by atoms with Crippen molar-refractivity contribution in [2.45, 2.75) is 58.4 Å². The Kier molecular flexibility index (Phi) is 11.3. The molecule has 0 radical (unpaired) electrons. The molecule has 0 saturated carbocycles. The Morgan fingerprint density at radius 3 is 2.57 bits per heavy atom. The zero-order chi connectivity index (χ0) is 20.5. The fraction of sp³-hybridized carbons (Fsp3) is 0.708. The van der Waals surface area contributed by atoms with Crippen LogP contribution in [0.2, 0.25) is 0 Å². The van der Waals surface area contributed by atoms with Gasteiger partial charge in [-0.05, 0) is 88.7 Å². The third-order valence-electron chi connectivity index (χ3n) is 6.49. The molecule has 0 spiro atoms. The largest absolute Gasteiger partial charge is 0.372 e. The lowest BCUT2D eigenvalue weighted by Gasteiger charge is -2.30. The number of guanidine groups is 1. The van der Waals surface area contributed by atoms with Crippen molar-refractivity contribution < 1.29 is 0 Å². The zero-order valence-corrected chi connectivity index (χ0v) is 21.5. The van der Waals surface area contributed by atoms with Crippen LogP contribution in [0.1, 0.15) is 64.0 Å². The summed E-state index contributed by atoms with van der Waals surface area (Å²) in [6.45, 7) is 11.7. The van der Waals surface area contributed by atoms with Gasteiger partial charge in [0.2, 0.25) is 0 Å². The van der Waals surface area contributed by atoms with Gasteiger partial charge in [0.1, 0.15) is 0 Å². The van der Waals surface area contributed by atoms with E-state index in [0.29, 0.717) is 0 Å². The number of unbranched alkanes of at least 4 members (excludes halogenated alkanes) is 1. The summed E-state index contributed by atoms with van der Waals surface area (Å²) in [7, 11) is 1.86. The molecule has 1 aromatic carbocycles. The van der Waals surface area contributed by atoms with Crippen LogP contribution < -0.4 is 15.5 Å².